The number of alkyl halides is 1. The summed E-state index contributed by atoms with van der Waals surface area (Å²) in [7, 11) is 3.14. The summed E-state index contributed by atoms with van der Waals surface area (Å²) in [5.74, 6) is 2.08. The molecule has 0 aliphatic heterocycles. The van der Waals surface area contributed by atoms with Crippen molar-refractivity contribution in [3.05, 3.63) is 17.7 Å². The molecular formula is C12H17ClO4. The zero-order valence-electron chi connectivity index (χ0n) is 10.3. The van der Waals surface area contributed by atoms with Gasteiger partial charge >= 0.3 is 0 Å². The van der Waals surface area contributed by atoms with Crippen LogP contribution in [0.3, 0.4) is 0 Å². The zero-order chi connectivity index (χ0) is 12.7. The summed E-state index contributed by atoms with van der Waals surface area (Å²) in [5, 5.41) is 0. The maximum Gasteiger partial charge on any atom is 0.206 e. The fraction of sp³-hybridized carbons (Fsp3) is 0.500. The standard InChI is InChI=1S/C12H17ClO4/c1-4-16-8-17-12-10(14-2)5-9(7-13)6-11(12)15-3/h5-6H,4,7-8H2,1-3H3. The number of hydrogen-bond acceptors (Lipinski definition) is 4. The Labute approximate surface area is 106 Å². The van der Waals surface area contributed by atoms with Crippen molar-refractivity contribution in [2.45, 2.75) is 12.8 Å². The minimum atomic E-state index is 0.156. The Kier molecular flexibility index (Phi) is 5.94. The number of methoxy groups -OCH3 is 2. The number of ether oxygens (including phenoxy) is 4. The molecule has 96 valence electrons. The molecule has 0 N–H and O–H groups in total. The second kappa shape index (κ2) is 7.25. The molecule has 0 spiro atoms. The molecule has 0 aliphatic carbocycles. The summed E-state index contributed by atoms with van der Waals surface area (Å²) >= 11 is 5.79. The monoisotopic (exact) mass is 260 g/mol. The van der Waals surface area contributed by atoms with Crippen molar-refractivity contribution in [1.82, 2.24) is 0 Å². The van der Waals surface area contributed by atoms with E-state index < -0.39 is 0 Å². The van der Waals surface area contributed by atoms with E-state index in [2.05, 4.69) is 0 Å². The van der Waals surface area contributed by atoms with E-state index in [1.807, 2.05) is 19.1 Å². The van der Waals surface area contributed by atoms with Gasteiger partial charge in [0.25, 0.3) is 0 Å². The van der Waals surface area contributed by atoms with Crippen LogP contribution in [0.2, 0.25) is 0 Å². The van der Waals surface area contributed by atoms with Crippen LogP contribution in [0.4, 0.5) is 0 Å². The number of benzene rings is 1. The highest BCUT2D eigenvalue weighted by Gasteiger charge is 2.13. The van der Waals surface area contributed by atoms with Gasteiger partial charge < -0.3 is 18.9 Å². The first-order valence-electron chi connectivity index (χ1n) is 5.28. The summed E-state index contributed by atoms with van der Waals surface area (Å²) in [6, 6.07) is 3.63. The molecule has 1 aromatic carbocycles. The van der Waals surface area contributed by atoms with Gasteiger partial charge in [-0.05, 0) is 24.6 Å². The van der Waals surface area contributed by atoms with Gasteiger partial charge in [-0.15, -0.1) is 11.6 Å². The molecule has 0 fully saturated rings. The Bertz CT molecular complexity index is 329. The molecule has 0 saturated carbocycles. The van der Waals surface area contributed by atoms with Gasteiger partial charge in [0.2, 0.25) is 5.75 Å². The Balaban J connectivity index is 2.98. The molecular weight excluding hydrogens is 244 g/mol. The van der Waals surface area contributed by atoms with Crippen molar-refractivity contribution in [3.63, 3.8) is 0 Å². The lowest BCUT2D eigenvalue weighted by atomic mass is 10.2. The van der Waals surface area contributed by atoms with Crippen LogP contribution in [0.5, 0.6) is 17.2 Å². The number of rotatable bonds is 7. The lowest BCUT2D eigenvalue weighted by molar-refractivity contribution is 0.0193. The van der Waals surface area contributed by atoms with Crippen LogP contribution in [0.15, 0.2) is 12.1 Å². The first kappa shape index (κ1) is 13.9. The second-order valence-corrected chi connectivity index (χ2v) is 3.49. The quantitative estimate of drug-likeness (QED) is 0.429. The van der Waals surface area contributed by atoms with E-state index in [9.17, 15) is 0 Å². The normalized spacial score (nSPS) is 10.1. The predicted molar refractivity (Wildman–Crippen MR) is 66.2 cm³/mol. The van der Waals surface area contributed by atoms with Gasteiger partial charge in [-0.1, -0.05) is 0 Å². The van der Waals surface area contributed by atoms with E-state index in [-0.39, 0.29) is 6.79 Å². The molecule has 1 aromatic rings. The van der Waals surface area contributed by atoms with Crippen LogP contribution in [0, 0.1) is 0 Å². The summed E-state index contributed by atoms with van der Waals surface area (Å²) in [6.07, 6.45) is 0. The molecule has 0 heterocycles. The average Bonchev–Trinajstić information content (AvgIpc) is 2.38. The van der Waals surface area contributed by atoms with Crippen molar-refractivity contribution in [3.8, 4) is 17.2 Å². The van der Waals surface area contributed by atoms with E-state index in [0.29, 0.717) is 29.7 Å². The average molecular weight is 261 g/mol. The molecule has 0 radical (unpaired) electrons. The first-order valence-corrected chi connectivity index (χ1v) is 5.81. The fourth-order valence-corrected chi connectivity index (χ4v) is 1.49. The van der Waals surface area contributed by atoms with Gasteiger partial charge in [-0.2, -0.15) is 0 Å². The topological polar surface area (TPSA) is 36.9 Å². The van der Waals surface area contributed by atoms with Crippen molar-refractivity contribution in [2.75, 3.05) is 27.6 Å². The van der Waals surface area contributed by atoms with Gasteiger partial charge in [0.1, 0.15) is 0 Å². The minimum Gasteiger partial charge on any atom is -0.493 e. The van der Waals surface area contributed by atoms with Crippen molar-refractivity contribution in [1.29, 1.82) is 0 Å². The smallest absolute Gasteiger partial charge is 0.206 e. The molecule has 0 amide bonds. The summed E-state index contributed by atoms with van der Waals surface area (Å²) in [5.41, 5.74) is 0.907. The molecule has 1 rings (SSSR count). The van der Waals surface area contributed by atoms with Crippen molar-refractivity contribution >= 4 is 11.6 Å². The Morgan fingerprint density at radius 2 is 1.71 bits per heavy atom. The Morgan fingerprint density at radius 1 is 1.12 bits per heavy atom. The van der Waals surface area contributed by atoms with Gasteiger partial charge in [-0.3, -0.25) is 0 Å². The maximum absolute atomic E-state index is 5.79. The molecule has 0 aromatic heterocycles. The van der Waals surface area contributed by atoms with Crippen LogP contribution in [0.25, 0.3) is 0 Å². The molecule has 0 atom stereocenters. The van der Waals surface area contributed by atoms with E-state index >= 15 is 0 Å². The summed E-state index contributed by atoms with van der Waals surface area (Å²) in [4.78, 5) is 0. The molecule has 17 heavy (non-hydrogen) atoms. The van der Waals surface area contributed by atoms with Crippen LogP contribution >= 0.6 is 11.6 Å². The Hall–Kier alpha value is -1.13. The molecule has 0 aliphatic rings. The van der Waals surface area contributed by atoms with Gasteiger partial charge in [0, 0.05) is 12.5 Å². The van der Waals surface area contributed by atoms with Crippen LogP contribution in [-0.2, 0) is 10.6 Å². The highest BCUT2D eigenvalue weighted by Crippen LogP contribution is 2.38. The highest BCUT2D eigenvalue weighted by molar-refractivity contribution is 6.17. The van der Waals surface area contributed by atoms with Crippen LogP contribution < -0.4 is 14.2 Å². The van der Waals surface area contributed by atoms with E-state index in [1.54, 1.807) is 14.2 Å². The third kappa shape index (κ3) is 3.68. The van der Waals surface area contributed by atoms with Gasteiger partial charge in [0.15, 0.2) is 18.3 Å². The van der Waals surface area contributed by atoms with E-state index in [1.165, 1.54) is 0 Å². The third-order valence-corrected chi connectivity index (χ3v) is 2.47. The molecule has 4 nitrogen and oxygen atoms in total. The highest BCUT2D eigenvalue weighted by atomic mass is 35.5. The number of hydrogen-bond donors (Lipinski definition) is 0. The SMILES string of the molecule is CCOCOc1c(OC)cc(CCl)cc1OC. The van der Waals surface area contributed by atoms with Crippen LogP contribution in [-0.4, -0.2) is 27.6 Å². The third-order valence-electron chi connectivity index (χ3n) is 2.17. The molecule has 0 saturated heterocycles. The summed E-state index contributed by atoms with van der Waals surface area (Å²) < 4.78 is 21.1. The first-order chi connectivity index (χ1) is 8.26. The van der Waals surface area contributed by atoms with Gasteiger partial charge in [-0.25, -0.2) is 0 Å². The Morgan fingerprint density at radius 3 is 2.12 bits per heavy atom. The lowest BCUT2D eigenvalue weighted by Crippen LogP contribution is -2.05. The fourth-order valence-electron chi connectivity index (χ4n) is 1.34. The largest absolute Gasteiger partial charge is 0.493 e. The van der Waals surface area contributed by atoms with Crippen molar-refractivity contribution < 1.29 is 18.9 Å². The maximum atomic E-state index is 5.79. The predicted octanol–water partition coefficient (Wildman–Crippen LogP) is 2.82. The number of halogens is 1. The molecule has 0 bridgehead atoms. The summed E-state index contributed by atoms with van der Waals surface area (Å²) in [6.45, 7) is 2.64. The lowest BCUT2D eigenvalue weighted by Gasteiger charge is -2.15. The van der Waals surface area contributed by atoms with E-state index in [4.69, 9.17) is 30.5 Å². The zero-order valence-corrected chi connectivity index (χ0v) is 11.0. The molecule has 0 unspecified atom stereocenters. The molecule has 5 heteroatoms. The van der Waals surface area contributed by atoms with E-state index in [0.717, 1.165) is 5.56 Å². The van der Waals surface area contributed by atoms with Crippen LogP contribution in [0.1, 0.15) is 12.5 Å². The second-order valence-electron chi connectivity index (χ2n) is 3.22. The van der Waals surface area contributed by atoms with Gasteiger partial charge in [0.05, 0.1) is 14.2 Å². The minimum absolute atomic E-state index is 0.156. The van der Waals surface area contributed by atoms with Crippen molar-refractivity contribution in [2.24, 2.45) is 0 Å².